The first-order chi connectivity index (χ1) is 14.8. The number of unbranched alkanes of at least 4 members (excludes halogenated alkanes) is 1. The molecule has 0 aliphatic carbocycles. The highest BCUT2D eigenvalue weighted by atomic mass is 14.1. The Balaban J connectivity index is 1.61. The Bertz CT molecular complexity index is 1570. The summed E-state index contributed by atoms with van der Waals surface area (Å²) >= 11 is 0. The Morgan fingerprint density at radius 2 is 0.933 bits per heavy atom. The van der Waals surface area contributed by atoms with Crippen LogP contribution in [0.15, 0.2) is 91.0 Å². The average molecular weight is 385 g/mol. The molecule has 0 aromatic heterocycles. The third kappa shape index (κ3) is 2.83. The van der Waals surface area contributed by atoms with Crippen molar-refractivity contribution < 1.29 is 0 Å². The van der Waals surface area contributed by atoms with Crippen LogP contribution in [-0.4, -0.2) is 0 Å². The van der Waals surface area contributed by atoms with Crippen molar-refractivity contribution in [3.63, 3.8) is 0 Å². The number of fused-ring (bicyclic) bond motifs is 5. The maximum absolute atomic E-state index is 2.40. The molecule has 0 N–H and O–H groups in total. The molecule has 0 saturated carbocycles. The second-order valence-corrected chi connectivity index (χ2v) is 8.54. The number of hydrogen-bond acceptors (Lipinski definition) is 0. The molecule has 6 aromatic rings. The van der Waals surface area contributed by atoms with Crippen molar-refractivity contribution in [3.05, 3.63) is 96.6 Å². The molecule has 0 amide bonds. The first kappa shape index (κ1) is 17.5. The zero-order valence-electron chi connectivity index (χ0n) is 17.3. The fraction of sp³-hybridized carbons (Fsp3) is 0.133. The van der Waals surface area contributed by atoms with Crippen molar-refractivity contribution >= 4 is 53.9 Å². The van der Waals surface area contributed by atoms with E-state index in [2.05, 4.69) is 97.9 Å². The van der Waals surface area contributed by atoms with E-state index in [9.17, 15) is 0 Å². The summed E-state index contributed by atoms with van der Waals surface area (Å²) in [7, 11) is 0. The van der Waals surface area contributed by atoms with Gasteiger partial charge in [-0.15, -0.1) is 0 Å². The third-order valence-electron chi connectivity index (χ3n) is 6.50. The summed E-state index contributed by atoms with van der Waals surface area (Å²) in [5, 5.41) is 13.3. The van der Waals surface area contributed by atoms with Crippen LogP contribution in [0.1, 0.15) is 25.3 Å². The summed E-state index contributed by atoms with van der Waals surface area (Å²) in [6.45, 7) is 2.26. The number of rotatable bonds is 3. The van der Waals surface area contributed by atoms with Gasteiger partial charge in [-0.05, 0) is 121 Å². The Morgan fingerprint density at radius 1 is 0.467 bits per heavy atom. The van der Waals surface area contributed by atoms with Crippen molar-refractivity contribution in [1.82, 2.24) is 0 Å². The van der Waals surface area contributed by atoms with Crippen molar-refractivity contribution in [2.24, 2.45) is 0 Å². The van der Waals surface area contributed by atoms with Crippen LogP contribution in [0.25, 0.3) is 53.9 Å². The molecule has 0 saturated heterocycles. The molecule has 30 heavy (non-hydrogen) atoms. The number of benzene rings is 6. The maximum atomic E-state index is 2.40. The Hall–Kier alpha value is -3.38. The lowest BCUT2D eigenvalue weighted by molar-refractivity contribution is 0.799. The minimum absolute atomic E-state index is 1.16. The molecular weight excluding hydrogens is 360 g/mol. The van der Waals surface area contributed by atoms with Crippen LogP contribution in [-0.2, 0) is 6.42 Å². The molecule has 0 bridgehead atoms. The molecule has 0 aliphatic heterocycles. The van der Waals surface area contributed by atoms with Crippen molar-refractivity contribution in [2.75, 3.05) is 0 Å². The van der Waals surface area contributed by atoms with Crippen LogP contribution >= 0.6 is 0 Å². The molecule has 0 fully saturated rings. The van der Waals surface area contributed by atoms with Gasteiger partial charge in [-0.25, -0.2) is 0 Å². The van der Waals surface area contributed by atoms with E-state index in [4.69, 9.17) is 0 Å². The van der Waals surface area contributed by atoms with E-state index in [-0.39, 0.29) is 0 Å². The summed E-state index contributed by atoms with van der Waals surface area (Å²) in [6.07, 6.45) is 3.63. The van der Waals surface area contributed by atoms with Crippen LogP contribution in [0, 0.1) is 0 Å². The van der Waals surface area contributed by atoms with Crippen LogP contribution in [0.3, 0.4) is 0 Å². The van der Waals surface area contributed by atoms with Gasteiger partial charge in [0.25, 0.3) is 0 Å². The van der Waals surface area contributed by atoms with Gasteiger partial charge in [0, 0.05) is 0 Å². The lowest BCUT2D eigenvalue weighted by Gasteiger charge is -2.10. The minimum atomic E-state index is 1.16. The van der Waals surface area contributed by atoms with Gasteiger partial charge in [0.2, 0.25) is 0 Å². The summed E-state index contributed by atoms with van der Waals surface area (Å²) < 4.78 is 0. The highest BCUT2D eigenvalue weighted by Crippen LogP contribution is 2.33. The van der Waals surface area contributed by atoms with E-state index in [1.807, 2.05) is 0 Å². The SMILES string of the molecule is CCCCc1cccc2cc3cc4cc5cc6ccccc6cc5cc4cc3cc12. The second-order valence-electron chi connectivity index (χ2n) is 8.54. The average Bonchev–Trinajstić information content (AvgIpc) is 2.77. The van der Waals surface area contributed by atoms with Crippen LogP contribution in [0.2, 0.25) is 0 Å². The molecular formula is C30H24. The molecule has 0 radical (unpaired) electrons. The van der Waals surface area contributed by atoms with Gasteiger partial charge < -0.3 is 0 Å². The van der Waals surface area contributed by atoms with Gasteiger partial charge in [-0.3, -0.25) is 0 Å². The fourth-order valence-corrected chi connectivity index (χ4v) is 4.87. The standard InChI is InChI=1S/C30H24/c1-2-3-7-20-10-6-11-23-14-26-17-27-15-24-12-21-8-4-5-9-22(21)13-25(24)16-28(27)18-29(26)19-30(20)23/h4-6,8-19H,2-3,7H2,1H3. The highest BCUT2D eigenvalue weighted by molar-refractivity contribution is 6.10. The Kier molecular flexibility index (Phi) is 3.99. The van der Waals surface area contributed by atoms with E-state index in [1.54, 1.807) is 0 Å². The fourth-order valence-electron chi connectivity index (χ4n) is 4.87. The summed E-state index contributed by atoms with van der Waals surface area (Å²) in [5.74, 6) is 0. The molecule has 6 rings (SSSR count). The van der Waals surface area contributed by atoms with Crippen molar-refractivity contribution in [3.8, 4) is 0 Å². The summed E-state index contributed by atoms with van der Waals surface area (Å²) in [4.78, 5) is 0. The van der Waals surface area contributed by atoms with Gasteiger partial charge in [-0.2, -0.15) is 0 Å². The van der Waals surface area contributed by atoms with E-state index in [0.717, 1.165) is 6.42 Å². The monoisotopic (exact) mass is 384 g/mol. The van der Waals surface area contributed by atoms with E-state index in [0.29, 0.717) is 0 Å². The smallest absolute Gasteiger partial charge is 0.0146 e. The quantitative estimate of drug-likeness (QED) is 0.267. The zero-order chi connectivity index (χ0) is 20.1. The topological polar surface area (TPSA) is 0 Å². The minimum Gasteiger partial charge on any atom is -0.0654 e. The molecule has 144 valence electrons. The molecule has 0 heterocycles. The largest absolute Gasteiger partial charge is 0.0654 e. The number of hydrogen-bond donors (Lipinski definition) is 0. The lowest BCUT2D eigenvalue weighted by atomic mass is 9.94. The number of aryl methyl sites for hydroxylation is 1. The molecule has 0 spiro atoms. The molecule has 6 aromatic carbocycles. The third-order valence-corrected chi connectivity index (χ3v) is 6.50. The van der Waals surface area contributed by atoms with Gasteiger partial charge in [0.15, 0.2) is 0 Å². The summed E-state index contributed by atoms with van der Waals surface area (Å²) in [6, 6.07) is 34.2. The maximum Gasteiger partial charge on any atom is -0.0146 e. The summed E-state index contributed by atoms with van der Waals surface area (Å²) in [5.41, 5.74) is 1.47. The van der Waals surface area contributed by atoms with Crippen LogP contribution in [0.5, 0.6) is 0 Å². The van der Waals surface area contributed by atoms with Gasteiger partial charge in [0.1, 0.15) is 0 Å². The lowest BCUT2D eigenvalue weighted by Crippen LogP contribution is -1.88. The van der Waals surface area contributed by atoms with E-state index >= 15 is 0 Å². The van der Waals surface area contributed by atoms with Gasteiger partial charge >= 0.3 is 0 Å². The predicted octanol–water partition coefficient (Wildman–Crippen LogP) is 8.80. The first-order valence-electron chi connectivity index (χ1n) is 11.0. The van der Waals surface area contributed by atoms with Gasteiger partial charge in [0.05, 0.1) is 0 Å². The highest BCUT2D eigenvalue weighted by Gasteiger charge is 2.06. The van der Waals surface area contributed by atoms with Crippen LogP contribution in [0.4, 0.5) is 0 Å². The Morgan fingerprint density at radius 3 is 1.50 bits per heavy atom. The van der Waals surface area contributed by atoms with E-state index < -0.39 is 0 Å². The Labute approximate surface area is 176 Å². The molecule has 0 heteroatoms. The van der Waals surface area contributed by atoms with E-state index in [1.165, 1.54) is 72.3 Å². The molecule has 0 unspecified atom stereocenters. The normalized spacial score (nSPS) is 11.9. The van der Waals surface area contributed by atoms with Crippen molar-refractivity contribution in [1.29, 1.82) is 0 Å². The zero-order valence-corrected chi connectivity index (χ0v) is 17.3. The molecule has 0 nitrogen and oxygen atoms in total. The first-order valence-corrected chi connectivity index (χ1v) is 11.0. The van der Waals surface area contributed by atoms with Crippen LogP contribution < -0.4 is 0 Å². The molecule has 0 aliphatic rings. The second kappa shape index (κ2) is 6.85. The predicted molar refractivity (Wildman–Crippen MR) is 133 cm³/mol. The van der Waals surface area contributed by atoms with Gasteiger partial charge in [-0.1, -0.05) is 55.8 Å². The molecule has 0 atom stereocenters. The van der Waals surface area contributed by atoms with Crippen molar-refractivity contribution in [2.45, 2.75) is 26.2 Å².